The first-order valence-electron chi connectivity index (χ1n) is 8.90. The number of amides is 1. The maximum absolute atomic E-state index is 12.4. The van der Waals surface area contributed by atoms with Crippen molar-refractivity contribution in [3.05, 3.63) is 65.3 Å². The van der Waals surface area contributed by atoms with Crippen LogP contribution in [0.4, 0.5) is 5.69 Å². The fourth-order valence-electron chi connectivity index (χ4n) is 2.95. The van der Waals surface area contributed by atoms with Crippen molar-refractivity contribution in [3.8, 4) is 5.75 Å². The number of nitrogens with one attached hydrogen (secondary N) is 2. The number of para-hydroxylation sites is 1. The molecule has 3 rings (SSSR count). The molecule has 1 atom stereocenters. The van der Waals surface area contributed by atoms with E-state index in [1.54, 1.807) is 7.11 Å². The molecule has 0 aliphatic rings. The van der Waals surface area contributed by atoms with Gasteiger partial charge in [0.05, 0.1) is 19.2 Å². The molecule has 0 radical (unpaired) electrons. The van der Waals surface area contributed by atoms with Crippen molar-refractivity contribution >= 4 is 34.1 Å². The second-order valence-corrected chi connectivity index (χ2v) is 6.72. The first kappa shape index (κ1) is 19.1. The molecule has 5 nitrogen and oxygen atoms in total. The van der Waals surface area contributed by atoms with Gasteiger partial charge in [-0.1, -0.05) is 29.8 Å². The number of hydrogen-bond donors (Lipinski definition) is 2. The van der Waals surface area contributed by atoms with E-state index >= 15 is 0 Å². The summed E-state index contributed by atoms with van der Waals surface area (Å²) in [6, 6.07) is 17.2. The van der Waals surface area contributed by atoms with Gasteiger partial charge in [0.1, 0.15) is 17.4 Å². The fourth-order valence-corrected chi connectivity index (χ4v) is 3.16. The van der Waals surface area contributed by atoms with E-state index in [1.807, 2.05) is 48.5 Å². The number of carbonyl (C=O) groups is 1. The van der Waals surface area contributed by atoms with Gasteiger partial charge < -0.3 is 15.0 Å². The molecule has 140 valence electrons. The summed E-state index contributed by atoms with van der Waals surface area (Å²) in [5.74, 6) is 0.717. The number of methoxy groups -OCH3 is 1. The van der Waals surface area contributed by atoms with Gasteiger partial charge in [0.25, 0.3) is 5.91 Å². The topological polar surface area (TPSA) is 55.7 Å². The smallest absolute Gasteiger partial charge is 0.279 e. The molecule has 0 saturated carbocycles. The first-order valence-corrected chi connectivity index (χ1v) is 9.28. The molecule has 0 bridgehead atoms. The highest BCUT2D eigenvalue weighted by molar-refractivity contribution is 6.30. The van der Waals surface area contributed by atoms with E-state index in [0.717, 1.165) is 39.3 Å². The number of rotatable bonds is 7. The number of hydrogen-bond acceptors (Lipinski definition) is 3. The van der Waals surface area contributed by atoms with Crippen LogP contribution in [0.2, 0.25) is 5.15 Å². The van der Waals surface area contributed by atoms with Crippen LogP contribution in [0.5, 0.6) is 5.75 Å². The Hall–Kier alpha value is -2.63. The maximum Gasteiger partial charge on any atom is 0.279 e. The molecule has 1 amide bonds. The number of nitrogens with zero attached hydrogens (tertiary/aromatic N) is 1. The monoisotopic (exact) mass is 384 g/mol. The van der Waals surface area contributed by atoms with Gasteiger partial charge in [-0.25, -0.2) is 4.98 Å². The Morgan fingerprint density at radius 3 is 2.63 bits per heavy atom. The van der Waals surface area contributed by atoms with Crippen LogP contribution in [0.25, 0.3) is 10.9 Å². The van der Waals surface area contributed by atoms with Crippen molar-refractivity contribution in [1.29, 1.82) is 0 Å². The number of aromatic nitrogens is 1. The molecule has 1 aromatic heterocycles. The predicted molar refractivity (Wildman–Crippen MR) is 108 cm³/mol. The van der Waals surface area contributed by atoms with Gasteiger partial charge in [-0.15, -0.1) is 0 Å². The summed E-state index contributed by atoms with van der Waals surface area (Å²) in [4.78, 5) is 18.0. The predicted octanol–water partition coefficient (Wildman–Crippen LogP) is 2.94. The van der Waals surface area contributed by atoms with Crippen LogP contribution in [-0.2, 0) is 11.3 Å². The summed E-state index contributed by atoms with van der Waals surface area (Å²) >= 11 is 6.36. The van der Waals surface area contributed by atoms with E-state index in [9.17, 15) is 4.79 Å². The molecule has 0 fully saturated rings. The van der Waals surface area contributed by atoms with Crippen molar-refractivity contribution in [2.75, 3.05) is 25.5 Å². The summed E-state index contributed by atoms with van der Waals surface area (Å²) in [7, 11) is 1.61. The highest BCUT2D eigenvalue weighted by atomic mass is 35.5. The molecule has 1 heterocycles. The Bertz CT molecular complexity index is 928. The number of benzene rings is 2. The van der Waals surface area contributed by atoms with Gasteiger partial charge in [-0.05, 0) is 43.3 Å². The van der Waals surface area contributed by atoms with Gasteiger partial charge in [-0.3, -0.25) is 4.79 Å². The Balaban J connectivity index is 1.66. The maximum atomic E-state index is 12.4. The van der Waals surface area contributed by atoms with E-state index in [1.165, 1.54) is 0 Å². The Labute approximate surface area is 163 Å². The number of likely N-dealkylation sites (N-methyl/N-ethyl adjacent to an activating group) is 1. The van der Waals surface area contributed by atoms with Gasteiger partial charge in [-0.2, -0.15) is 0 Å². The van der Waals surface area contributed by atoms with Crippen LogP contribution >= 0.6 is 11.6 Å². The lowest BCUT2D eigenvalue weighted by molar-refractivity contribution is -0.903. The fraction of sp³-hybridized carbons (Fsp3) is 0.238. The minimum absolute atomic E-state index is 0.0399. The molecule has 6 heteroatoms. The van der Waals surface area contributed by atoms with E-state index in [4.69, 9.17) is 16.3 Å². The Morgan fingerprint density at radius 2 is 1.93 bits per heavy atom. The molecule has 3 aromatic rings. The molecule has 0 aliphatic carbocycles. The van der Waals surface area contributed by atoms with Crippen molar-refractivity contribution < 1.29 is 14.4 Å². The van der Waals surface area contributed by atoms with E-state index < -0.39 is 0 Å². The summed E-state index contributed by atoms with van der Waals surface area (Å²) in [6.07, 6.45) is 0. The molecule has 0 aliphatic heterocycles. The van der Waals surface area contributed by atoms with Crippen molar-refractivity contribution in [2.45, 2.75) is 13.5 Å². The Morgan fingerprint density at radius 1 is 1.19 bits per heavy atom. The number of pyridine rings is 1. The number of anilines is 1. The summed E-state index contributed by atoms with van der Waals surface area (Å²) in [5, 5.41) is 4.47. The third-order valence-electron chi connectivity index (χ3n) is 4.47. The SMILES string of the molecule is CC[NH+](CC(=O)Nc1ccc(OC)cc1)Cc1cc2ccccc2nc1Cl. The largest absolute Gasteiger partial charge is 0.497 e. The van der Waals surface area contributed by atoms with Crippen molar-refractivity contribution in [2.24, 2.45) is 0 Å². The molecule has 0 saturated heterocycles. The molecular formula is C21H23ClN3O2+. The lowest BCUT2D eigenvalue weighted by Crippen LogP contribution is -3.11. The van der Waals surface area contributed by atoms with E-state index in [-0.39, 0.29) is 5.91 Å². The molecule has 1 unspecified atom stereocenters. The molecular weight excluding hydrogens is 362 g/mol. The normalized spacial score (nSPS) is 12.0. The average molecular weight is 385 g/mol. The Kier molecular flexibility index (Phi) is 6.27. The third-order valence-corrected chi connectivity index (χ3v) is 4.80. The zero-order valence-corrected chi connectivity index (χ0v) is 16.2. The molecule has 2 aromatic carbocycles. The standard InChI is InChI=1S/C21H22ClN3O2/c1-3-25(14-20(26)23-17-8-10-18(27-2)11-9-17)13-16-12-15-6-4-5-7-19(15)24-21(16)22/h4-12H,3,13-14H2,1-2H3,(H,23,26)/p+1. The number of quaternary nitrogens is 1. The lowest BCUT2D eigenvalue weighted by atomic mass is 10.1. The average Bonchev–Trinajstić information content (AvgIpc) is 2.68. The van der Waals surface area contributed by atoms with Crippen LogP contribution in [0, 0.1) is 0 Å². The van der Waals surface area contributed by atoms with Gasteiger partial charge in [0.15, 0.2) is 6.54 Å². The van der Waals surface area contributed by atoms with Crippen LogP contribution in [0.15, 0.2) is 54.6 Å². The number of ether oxygens (including phenoxy) is 1. The number of fused-ring (bicyclic) bond motifs is 1. The quantitative estimate of drug-likeness (QED) is 0.616. The summed E-state index contributed by atoms with van der Waals surface area (Å²) in [5.41, 5.74) is 2.58. The first-order chi connectivity index (χ1) is 13.1. The zero-order chi connectivity index (χ0) is 19.2. The zero-order valence-electron chi connectivity index (χ0n) is 15.5. The van der Waals surface area contributed by atoms with Gasteiger partial charge >= 0.3 is 0 Å². The van der Waals surface area contributed by atoms with Crippen molar-refractivity contribution in [3.63, 3.8) is 0 Å². The second-order valence-electron chi connectivity index (χ2n) is 6.36. The lowest BCUT2D eigenvalue weighted by Gasteiger charge is -2.18. The van der Waals surface area contributed by atoms with Crippen LogP contribution in [0.3, 0.4) is 0 Å². The summed E-state index contributed by atoms with van der Waals surface area (Å²) in [6.45, 7) is 3.85. The molecule has 2 N–H and O–H groups in total. The molecule has 0 spiro atoms. The number of carbonyl (C=O) groups excluding carboxylic acids is 1. The number of halogens is 1. The highest BCUT2D eigenvalue weighted by Crippen LogP contribution is 2.19. The molecule has 27 heavy (non-hydrogen) atoms. The minimum Gasteiger partial charge on any atom is -0.497 e. The minimum atomic E-state index is -0.0399. The van der Waals surface area contributed by atoms with E-state index in [2.05, 4.69) is 23.3 Å². The van der Waals surface area contributed by atoms with E-state index in [0.29, 0.717) is 18.2 Å². The van der Waals surface area contributed by atoms with Crippen molar-refractivity contribution in [1.82, 2.24) is 4.98 Å². The third kappa shape index (κ3) is 4.96. The van der Waals surface area contributed by atoms with Crippen LogP contribution in [0.1, 0.15) is 12.5 Å². The van der Waals surface area contributed by atoms with Gasteiger partial charge in [0, 0.05) is 16.6 Å². The summed E-state index contributed by atoms with van der Waals surface area (Å²) < 4.78 is 5.13. The van der Waals surface area contributed by atoms with Gasteiger partial charge in [0.2, 0.25) is 0 Å². The highest BCUT2D eigenvalue weighted by Gasteiger charge is 2.16. The van der Waals surface area contributed by atoms with Crippen LogP contribution < -0.4 is 15.0 Å². The second kappa shape index (κ2) is 8.84. The van der Waals surface area contributed by atoms with Crippen LogP contribution in [-0.4, -0.2) is 31.1 Å².